The zero-order valence-corrected chi connectivity index (χ0v) is 13.8. The maximum atomic E-state index is 12.6. The van der Waals surface area contributed by atoms with Gasteiger partial charge in [0.1, 0.15) is 5.75 Å². The lowest BCUT2D eigenvalue weighted by molar-refractivity contribution is 0.261. The largest absolute Gasteiger partial charge is 0.506 e. The third kappa shape index (κ3) is 3.67. The predicted molar refractivity (Wildman–Crippen MR) is 92.1 cm³/mol. The van der Waals surface area contributed by atoms with Crippen LogP contribution in [-0.2, 0) is 6.42 Å². The monoisotopic (exact) mass is 333 g/mol. The van der Waals surface area contributed by atoms with Crippen molar-refractivity contribution in [2.45, 2.75) is 18.8 Å². The molecule has 1 N–H and O–H groups in total. The van der Waals surface area contributed by atoms with Gasteiger partial charge in [-0.2, -0.15) is 0 Å². The minimum Gasteiger partial charge on any atom is -0.506 e. The number of hydrogen-bond donors (Lipinski definition) is 1. The molecule has 1 aliphatic heterocycles. The summed E-state index contributed by atoms with van der Waals surface area (Å²) in [5, 5.41) is 10.4. The molecule has 0 saturated heterocycles. The van der Waals surface area contributed by atoms with Crippen LogP contribution in [0.15, 0.2) is 42.5 Å². The molecular weight excluding hydrogens is 313 g/mol. The fourth-order valence-electron chi connectivity index (χ4n) is 3.34. The molecule has 2 aromatic carbocycles. The summed E-state index contributed by atoms with van der Waals surface area (Å²) in [7, 11) is 0. The van der Waals surface area contributed by atoms with Crippen molar-refractivity contribution in [3.05, 3.63) is 64.2 Å². The van der Waals surface area contributed by atoms with E-state index in [9.17, 15) is 9.50 Å². The Hall–Kier alpha value is -1.58. The Kier molecular flexibility index (Phi) is 5.19. The summed E-state index contributed by atoms with van der Waals surface area (Å²) in [6.45, 7) is 2.19. The van der Waals surface area contributed by atoms with E-state index in [4.69, 9.17) is 11.6 Å². The number of benzene rings is 2. The number of aromatic hydroxyl groups is 1. The summed E-state index contributed by atoms with van der Waals surface area (Å²) in [6, 6.07) is 14.0. The van der Waals surface area contributed by atoms with Crippen molar-refractivity contribution < 1.29 is 9.50 Å². The summed E-state index contributed by atoms with van der Waals surface area (Å²) < 4.78 is 12.6. The van der Waals surface area contributed by atoms with Crippen LogP contribution in [0.3, 0.4) is 0 Å². The Morgan fingerprint density at radius 2 is 2.00 bits per heavy atom. The summed E-state index contributed by atoms with van der Waals surface area (Å²) in [5.41, 5.74) is 3.51. The van der Waals surface area contributed by atoms with E-state index in [0.29, 0.717) is 11.4 Å². The highest BCUT2D eigenvalue weighted by molar-refractivity contribution is 6.32. The number of halogens is 2. The van der Waals surface area contributed by atoms with Crippen LogP contribution in [0.4, 0.5) is 4.39 Å². The molecule has 23 heavy (non-hydrogen) atoms. The minimum absolute atomic E-state index is 0.128. The number of hydrogen-bond acceptors (Lipinski definition) is 2. The molecule has 0 aromatic heterocycles. The molecule has 0 saturated carbocycles. The average molecular weight is 334 g/mol. The van der Waals surface area contributed by atoms with Gasteiger partial charge in [0, 0.05) is 25.6 Å². The lowest BCUT2D eigenvalue weighted by atomic mass is 9.88. The standard InChI is InChI=1S/C19H21ClFNO/c20-18-11-15-7-10-22(9-4-8-21)13-17(16(15)12-19(18)23)14-5-2-1-3-6-14/h1-3,5-6,11-12,17,23H,4,7-10,13H2. The number of phenolic OH excluding ortho intramolecular Hbond substituents is 1. The average Bonchev–Trinajstić information content (AvgIpc) is 2.74. The molecule has 122 valence electrons. The summed E-state index contributed by atoms with van der Waals surface area (Å²) in [5.74, 6) is 0.292. The number of nitrogens with zero attached hydrogens (tertiary/aromatic N) is 1. The van der Waals surface area contributed by atoms with Gasteiger partial charge in [0.15, 0.2) is 0 Å². The third-order valence-corrected chi connectivity index (χ3v) is 4.83. The summed E-state index contributed by atoms with van der Waals surface area (Å²) in [4.78, 5) is 2.31. The first-order valence-corrected chi connectivity index (χ1v) is 8.41. The molecule has 1 unspecified atom stereocenters. The number of alkyl halides is 1. The van der Waals surface area contributed by atoms with Crippen molar-refractivity contribution >= 4 is 11.6 Å². The van der Waals surface area contributed by atoms with Gasteiger partial charge in [-0.05, 0) is 41.7 Å². The zero-order chi connectivity index (χ0) is 16.2. The van der Waals surface area contributed by atoms with E-state index < -0.39 is 0 Å². The molecule has 3 rings (SSSR count). The van der Waals surface area contributed by atoms with Gasteiger partial charge in [0.2, 0.25) is 0 Å². The van der Waals surface area contributed by atoms with Gasteiger partial charge < -0.3 is 10.0 Å². The Morgan fingerprint density at radius 3 is 2.74 bits per heavy atom. The number of rotatable bonds is 4. The molecular formula is C19H21ClFNO. The van der Waals surface area contributed by atoms with E-state index in [1.54, 1.807) is 6.07 Å². The molecule has 4 heteroatoms. The maximum absolute atomic E-state index is 12.6. The van der Waals surface area contributed by atoms with Crippen LogP contribution in [0.25, 0.3) is 0 Å². The lowest BCUT2D eigenvalue weighted by Gasteiger charge is -2.25. The second-order valence-electron chi connectivity index (χ2n) is 6.06. The summed E-state index contributed by atoms with van der Waals surface area (Å²) in [6.07, 6.45) is 1.43. The molecule has 0 aliphatic carbocycles. The van der Waals surface area contributed by atoms with Crippen LogP contribution in [-0.4, -0.2) is 36.3 Å². The van der Waals surface area contributed by atoms with Crippen LogP contribution < -0.4 is 0 Å². The van der Waals surface area contributed by atoms with Crippen LogP contribution >= 0.6 is 11.6 Å². The van der Waals surface area contributed by atoms with Crippen molar-refractivity contribution in [3.8, 4) is 5.75 Å². The molecule has 0 amide bonds. The van der Waals surface area contributed by atoms with Crippen molar-refractivity contribution in [2.24, 2.45) is 0 Å². The SMILES string of the molecule is Oc1cc2c(cc1Cl)CCN(CCCF)CC2c1ccccc1. The molecule has 0 fully saturated rings. The fourth-order valence-corrected chi connectivity index (χ4v) is 3.53. The predicted octanol–water partition coefficient (Wildman–Crippen LogP) is 4.40. The highest BCUT2D eigenvalue weighted by Crippen LogP contribution is 2.36. The molecule has 1 atom stereocenters. The van der Waals surface area contributed by atoms with Gasteiger partial charge in [-0.1, -0.05) is 41.9 Å². The van der Waals surface area contributed by atoms with Gasteiger partial charge in [-0.25, -0.2) is 0 Å². The van der Waals surface area contributed by atoms with E-state index >= 15 is 0 Å². The quantitative estimate of drug-likeness (QED) is 0.896. The maximum Gasteiger partial charge on any atom is 0.134 e. The lowest BCUT2D eigenvalue weighted by Crippen LogP contribution is -2.30. The number of fused-ring (bicyclic) bond motifs is 1. The third-order valence-electron chi connectivity index (χ3n) is 4.53. The molecule has 0 bridgehead atoms. The normalized spacial score (nSPS) is 18.4. The fraction of sp³-hybridized carbons (Fsp3) is 0.368. The second-order valence-corrected chi connectivity index (χ2v) is 6.47. The molecule has 2 nitrogen and oxygen atoms in total. The zero-order valence-electron chi connectivity index (χ0n) is 13.0. The van der Waals surface area contributed by atoms with Crippen LogP contribution in [0.5, 0.6) is 5.75 Å². The van der Waals surface area contributed by atoms with Crippen LogP contribution in [0.1, 0.15) is 29.0 Å². The van der Waals surface area contributed by atoms with Crippen molar-refractivity contribution in [2.75, 3.05) is 26.3 Å². The molecule has 2 aromatic rings. The first-order valence-electron chi connectivity index (χ1n) is 8.03. The molecule has 0 radical (unpaired) electrons. The van der Waals surface area contributed by atoms with E-state index in [2.05, 4.69) is 17.0 Å². The van der Waals surface area contributed by atoms with E-state index in [-0.39, 0.29) is 18.3 Å². The first-order chi connectivity index (χ1) is 11.2. The Bertz CT molecular complexity index is 662. The Labute approximate surface area is 141 Å². The smallest absolute Gasteiger partial charge is 0.134 e. The van der Waals surface area contributed by atoms with Crippen LogP contribution in [0.2, 0.25) is 5.02 Å². The number of phenols is 1. The van der Waals surface area contributed by atoms with Crippen LogP contribution in [0, 0.1) is 0 Å². The molecule has 1 aliphatic rings. The van der Waals surface area contributed by atoms with Crippen molar-refractivity contribution in [1.29, 1.82) is 0 Å². The van der Waals surface area contributed by atoms with Gasteiger partial charge in [-0.15, -0.1) is 0 Å². The van der Waals surface area contributed by atoms with Gasteiger partial charge in [-0.3, -0.25) is 4.39 Å². The second kappa shape index (κ2) is 7.33. The highest BCUT2D eigenvalue weighted by Gasteiger charge is 2.25. The topological polar surface area (TPSA) is 23.5 Å². The van der Waals surface area contributed by atoms with Gasteiger partial charge in [0.05, 0.1) is 11.7 Å². The van der Waals surface area contributed by atoms with Gasteiger partial charge >= 0.3 is 0 Å². The highest BCUT2D eigenvalue weighted by atomic mass is 35.5. The Morgan fingerprint density at radius 1 is 1.22 bits per heavy atom. The molecule has 1 heterocycles. The van der Waals surface area contributed by atoms with E-state index in [0.717, 1.165) is 31.6 Å². The summed E-state index contributed by atoms with van der Waals surface area (Å²) >= 11 is 6.10. The van der Waals surface area contributed by atoms with Gasteiger partial charge in [0.25, 0.3) is 0 Å². The minimum atomic E-state index is -0.286. The first kappa shape index (κ1) is 16.3. The van der Waals surface area contributed by atoms with Crippen molar-refractivity contribution in [1.82, 2.24) is 4.90 Å². The van der Waals surface area contributed by atoms with E-state index in [1.807, 2.05) is 24.3 Å². The van der Waals surface area contributed by atoms with E-state index in [1.165, 1.54) is 11.1 Å². The Balaban J connectivity index is 2.00. The van der Waals surface area contributed by atoms with Crippen molar-refractivity contribution in [3.63, 3.8) is 0 Å². The molecule has 0 spiro atoms.